The molecule has 1 aromatic heterocycles. The zero-order valence-corrected chi connectivity index (χ0v) is 15.3. The van der Waals surface area contributed by atoms with Crippen LogP contribution in [0.15, 0.2) is 46.0 Å². The minimum absolute atomic E-state index is 0.0494. The van der Waals surface area contributed by atoms with Crippen LogP contribution in [-0.2, 0) is 24.3 Å². The Bertz CT molecular complexity index is 845. The molecule has 0 amide bonds. The fraction of sp³-hybridized carbons (Fsp3) is 0.250. The first-order chi connectivity index (χ1) is 11.9. The van der Waals surface area contributed by atoms with Crippen molar-refractivity contribution in [1.82, 2.24) is 0 Å². The van der Waals surface area contributed by atoms with Crippen LogP contribution in [0.4, 0.5) is 5.69 Å². The topological polar surface area (TPSA) is 90.0 Å². The van der Waals surface area contributed by atoms with Crippen LogP contribution >= 0.6 is 11.3 Å². The number of para-hydroxylation sites is 1. The molecule has 0 aliphatic rings. The summed E-state index contributed by atoms with van der Waals surface area (Å²) in [5.41, 5.74) is 0.105. The monoisotopic (exact) mass is 383 g/mol. The van der Waals surface area contributed by atoms with E-state index in [0.717, 1.165) is 22.8 Å². The molecule has 0 radical (unpaired) electrons. The molecule has 0 aliphatic heterocycles. The predicted octanol–water partition coefficient (Wildman–Crippen LogP) is 2.29. The maximum Gasteiger partial charge on any atom is 0.340 e. The van der Waals surface area contributed by atoms with Crippen molar-refractivity contribution in [3.05, 3.63) is 47.3 Å². The molecule has 0 fully saturated rings. The van der Waals surface area contributed by atoms with Crippen molar-refractivity contribution in [2.75, 3.05) is 24.6 Å². The highest BCUT2D eigenvalue weighted by Crippen LogP contribution is 2.29. The highest BCUT2D eigenvalue weighted by molar-refractivity contribution is 7.94. The molecule has 134 valence electrons. The van der Waals surface area contributed by atoms with E-state index in [1.807, 2.05) is 0 Å². The molecule has 0 spiro atoms. The Balaban J connectivity index is 2.58. The van der Waals surface area contributed by atoms with Gasteiger partial charge in [0.25, 0.3) is 10.0 Å². The minimum Gasteiger partial charge on any atom is -0.468 e. The summed E-state index contributed by atoms with van der Waals surface area (Å²) in [6.45, 7) is 1.23. The number of methoxy groups -OCH3 is 1. The van der Waals surface area contributed by atoms with Gasteiger partial charge in [-0.05, 0) is 30.5 Å². The molecule has 0 aliphatic carbocycles. The second kappa shape index (κ2) is 8.13. The summed E-state index contributed by atoms with van der Waals surface area (Å²) in [7, 11) is -2.88. The summed E-state index contributed by atoms with van der Waals surface area (Å²) in [4.78, 5) is 24.0. The van der Waals surface area contributed by atoms with E-state index in [4.69, 9.17) is 4.74 Å². The summed E-state index contributed by atoms with van der Waals surface area (Å²) in [6, 6.07) is 9.07. The van der Waals surface area contributed by atoms with Crippen molar-refractivity contribution in [2.45, 2.75) is 11.1 Å². The molecule has 2 rings (SSSR count). The van der Waals surface area contributed by atoms with Gasteiger partial charge in [-0.3, -0.25) is 9.10 Å². The molecular formula is C16H17NO6S2. The van der Waals surface area contributed by atoms with Crippen molar-refractivity contribution in [2.24, 2.45) is 0 Å². The highest BCUT2D eigenvalue weighted by atomic mass is 32.2. The van der Waals surface area contributed by atoms with Crippen molar-refractivity contribution >= 4 is 39.0 Å². The number of benzene rings is 1. The smallest absolute Gasteiger partial charge is 0.340 e. The lowest BCUT2D eigenvalue weighted by atomic mass is 10.2. The van der Waals surface area contributed by atoms with E-state index in [1.54, 1.807) is 30.5 Å². The average molecular weight is 383 g/mol. The van der Waals surface area contributed by atoms with Gasteiger partial charge in [0.15, 0.2) is 0 Å². The van der Waals surface area contributed by atoms with Crippen LogP contribution in [0.2, 0.25) is 0 Å². The average Bonchev–Trinajstić information content (AvgIpc) is 3.15. The molecule has 25 heavy (non-hydrogen) atoms. The molecule has 1 aromatic carbocycles. The van der Waals surface area contributed by atoms with E-state index in [9.17, 15) is 18.0 Å². The number of hydrogen-bond donors (Lipinski definition) is 0. The lowest BCUT2D eigenvalue weighted by Crippen LogP contribution is -2.37. The first kappa shape index (κ1) is 18.9. The maximum absolute atomic E-state index is 13.0. The third-order valence-corrected chi connectivity index (χ3v) is 6.34. The predicted molar refractivity (Wildman–Crippen MR) is 93.3 cm³/mol. The Kier molecular flexibility index (Phi) is 6.16. The largest absolute Gasteiger partial charge is 0.468 e. The number of nitrogens with zero attached hydrogens (tertiary/aromatic N) is 1. The number of esters is 2. The van der Waals surface area contributed by atoms with Gasteiger partial charge in [-0.1, -0.05) is 18.2 Å². The lowest BCUT2D eigenvalue weighted by molar-refractivity contribution is -0.138. The van der Waals surface area contributed by atoms with Crippen LogP contribution < -0.4 is 4.31 Å². The molecule has 9 heteroatoms. The normalized spacial score (nSPS) is 11.0. The van der Waals surface area contributed by atoms with Gasteiger partial charge >= 0.3 is 11.9 Å². The molecule has 1 heterocycles. The zero-order chi connectivity index (χ0) is 18.4. The van der Waals surface area contributed by atoms with Gasteiger partial charge < -0.3 is 9.47 Å². The van der Waals surface area contributed by atoms with Crippen molar-refractivity contribution in [3.8, 4) is 0 Å². The number of carbonyl (C=O) groups is 2. The van der Waals surface area contributed by atoms with Crippen LogP contribution in [-0.4, -0.2) is 40.6 Å². The van der Waals surface area contributed by atoms with Gasteiger partial charge in [0, 0.05) is 0 Å². The van der Waals surface area contributed by atoms with Crippen LogP contribution in [0.5, 0.6) is 0 Å². The summed E-state index contributed by atoms with van der Waals surface area (Å²) in [5.74, 6) is -1.42. The van der Waals surface area contributed by atoms with Gasteiger partial charge in [0.05, 0.1) is 25.0 Å². The molecule has 0 atom stereocenters. The number of sulfonamides is 1. The van der Waals surface area contributed by atoms with Gasteiger partial charge in [0.2, 0.25) is 0 Å². The Morgan fingerprint density at radius 1 is 1.16 bits per heavy atom. The third kappa shape index (κ3) is 4.18. The fourth-order valence-electron chi connectivity index (χ4n) is 2.07. The Labute approximate surface area is 149 Å². The standard InChI is InChI=1S/C16H17NO6S2/c1-3-23-16(19)12-7-4-5-8-13(12)17(11-14(18)22-2)25(20,21)15-9-6-10-24-15/h4-10H,3,11H2,1-2H3. The highest BCUT2D eigenvalue weighted by Gasteiger charge is 2.31. The van der Waals surface area contributed by atoms with E-state index in [2.05, 4.69) is 4.74 Å². The summed E-state index contributed by atoms with van der Waals surface area (Å²) >= 11 is 1.01. The van der Waals surface area contributed by atoms with Crippen LogP contribution in [0, 0.1) is 0 Å². The van der Waals surface area contributed by atoms with Crippen molar-refractivity contribution in [1.29, 1.82) is 0 Å². The molecule has 0 saturated heterocycles. The Morgan fingerprint density at radius 3 is 2.48 bits per heavy atom. The zero-order valence-electron chi connectivity index (χ0n) is 13.7. The lowest BCUT2D eigenvalue weighted by Gasteiger charge is -2.24. The molecule has 7 nitrogen and oxygen atoms in total. The van der Waals surface area contributed by atoms with E-state index in [-0.39, 0.29) is 22.1 Å². The van der Waals surface area contributed by atoms with Crippen LogP contribution in [0.25, 0.3) is 0 Å². The fourth-order valence-corrected chi connectivity index (χ4v) is 4.61. The Morgan fingerprint density at radius 2 is 1.88 bits per heavy atom. The Hall–Kier alpha value is -2.39. The molecule has 0 saturated carbocycles. The van der Waals surface area contributed by atoms with Gasteiger partial charge in [-0.15, -0.1) is 11.3 Å². The molecule has 0 N–H and O–H groups in total. The number of hydrogen-bond acceptors (Lipinski definition) is 7. The molecule has 0 unspecified atom stereocenters. The van der Waals surface area contributed by atoms with Crippen molar-refractivity contribution < 1.29 is 27.5 Å². The summed E-state index contributed by atoms with van der Waals surface area (Å²) in [5, 5.41) is 1.61. The molecule has 2 aromatic rings. The molecular weight excluding hydrogens is 366 g/mol. The van der Waals surface area contributed by atoms with E-state index < -0.39 is 28.5 Å². The third-order valence-electron chi connectivity index (χ3n) is 3.21. The SMILES string of the molecule is CCOC(=O)c1ccccc1N(CC(=O)OC)S(=O)(=O)c1cccs1. The van der Waals surface area contributed by atoms with Crippen molar-refractivity contribution in [3.63, 3.8) is 0 Å². The van der Waals surface area contributed by atoms with Crippen LogP contribution in [0.1, 0.15) is 17.3 Å². The second-order valence-electron chi connectivity index (χ2n) is 4.76. The summed E-state index contributed by atoms with van der Waals surface area (Å²) < 4.78 is 36.4. The first-order valence-electron chi connectivity index (χ1n) is 7.31. The minimum atomic E-state index is -4.04. The van der Waals surface area contributed by atoms with E-state index in [1.165, 1.54) is 18.2 Å². The number of ether oxygens (including phenoxy) is 2. The number of thiophene rings is 1. The van der Waals surface area contributed by atoms with Gasteiger partial charge in [-0.2, -0.15) is 0 Å². The quantitative estimate of drug-likeness (QED) is 0.682. The van der Waals surface area contributed by atoms with Gasteiger partial charge in [0.1, 0.15) is 10.8 Å². The first-order valence-corrected chi connectivity index (χ1v) is 9.63. The van der Waals surface area contributed by atoms with Crippen LogP contribution in [0.3, 0.4) is 0 Å². The van der Waals surface area contributed by atoms with E-state index >= 15 is 0 Å². The maximum atomic E-state index is 13.0. The number of anilines is 1. The van der Waals surface area contributed by atoms with Gasteiger partial charge in [-0.25, -0.2) is 13.2 Å². The number of rotatable bonds is 7. The van der Waals surface area contributed by atoms with E-state index in [0.29, 0.717) is 0 Å². The second-order valence-corrected chi connectivity index (χ2v) is 7.79. The molecule has 0 bridgehead atoms. The number of carbonyl (C=O) groups excluding carboxylic acids is 2. The summed E-state index contributed by atoms with van der Waals surface area (Å²) in [6.07, 6.45) is 0.